The van der Waals surface area contributed by atoms with E-state index in [-0.39, 0.29) is 23.7 Å². The van der Waals surface area contributed by atoms with Crippen LogP contribution >= 0.6 is 11.8 Å². The van der Waals surface area contributed by atoms with E-state index in [9.17, 15) is 14.7 Å². The average Bonchev–Trinajstić information content (AvgIpc) is 3.38. The number of carbonyl (C=O) groups excluding carboxylic acids is 1. The van der Waals surface area contributed by atoms with E-state index in [0.717, 1.165) is 41.5 Å². The average molecular weight is 414 g/mol. The molecule has 1 saturated carbocycles. The van der Waals surface area contributed by atoms with Crippen LogP contribution in [0.15, 0.2) is 34.3 Å². The molecule has 9 heteroatoms. The van der Waals surface area contributed by atoms with Gasteiger partial charge in [-0.2, -0.15) is 0 Å². The number of aryl methyl sites for hydroxylation is 1. The van der Waals surface area contributed by atoms with Gasteiger partial charge in [0.05, 0.1) is 29.4 Å². The van der Waals surface area contributed by atoms with Crippen molar-refractivity contribution in [3.63, 3.8) is 0 Å². The number of aromatic amines is 1. The van der Waals surface area contributed by atoms with Gasteiger partial charge in [-0.3, -0.25) is 9.36 Å². The third-order valence-electron chi connectivity index (χ3n) is 5.79. The predicted octanol–water partition coefficient (Wildman–Crippen LogP) is 2.04. The van der Waals surface area contributed by atoms with Crippen LogP contribution in [-0.2, 0) is 13.1 Å². The summed E-state index contributed by atoms with van der Waals surface area (Å²) in [5.41, 5.74) is 2.65. The Hall–Kier alpha value is -2.52. The van der Waals surface area contributed by atoms with Gasteiger partial charge in [0, 0.05) is 30.1 Å². The first-order chi connectivity index (χ1) is 14.1. The van der Waals surface area contributed by atoms with Crippen molar-refractivity contribution in [2.24, 2.45) is 0 Å². The molecule has 1 fully saturated rings. The van der Waals surface area contributed by atoms with Gasteiger partial charge in [-0.05, 0) is 43.9 Å². The van der Waals surface area contributed by atoms with Crippen molar-refractivity contribution in [2.45, 2.75) is 56.1 Å². The summed E-state index contributed by atoms with van der Waals surface area (Å²) in [6.45, 7) is 1.33. The summed E-state index contributed by atoms with van der Waals surface area (Å²) in [6, 6.07) is 5.39. The Bertz CT molecular complexity index is 1100. The summed E-state index contributed by atoms with van der Waals surface area (Å²) >= 11 is 1.73. The van der Waals surface area contributed by atoms with Crippen LogP contribution in [0.2, 0.25) is 0 Å². The number of nitrogens with zero attached hydrogens (tertiary/aromatic N) is 3. The molecule has 0 saturated heterocycles. The second kappa shape index (κ2) is 7.38. The molecule has 3 aromatic rings. The maximum atomic E-state index is 12.6. The topological polar surface area (TPSA) is 105 Å². The molecule has 29 heavy (non-hydrogen) atoms. The minimum absolute atomic E-state index is 0.0834. The molecule has 0 radical (unpaired) electrons. The molecule has 0 spiro atoms. The van der Waals surface area contributed by atoms with Crippen molar-refractivity contribution in [3.05, 3.63) is 46.1 Å². The number of aliphatic hydroxyl groups excluding tert-OH is 1. The van der Waals surface area contributed by atoms with E-state index in [1.165, 1.54) is 0 Å². The van der Waals surface area contributed by atoms with Crippen molar-refractivity contribution < 1.29 is 9.90 Å². The van der Waals surface area contributed by atoms with E-state index in [1.807, 2.05) is 12.3 Å². The zero-order valence-corrected chi connectivity index (χ0v) is 16.7. The smallest absolute Gasteiger partial charge is 0.326 e. The number of benzene rings is 1. The normalized spacial score (nSPS) is 21.4. The Labute approximate surface area is 171 Å². The number of aliphatic hydroxyl groups is 1. The summed E-state index contributed by atoms with van der Waals surface area (Å²) in [6.07, 6.45) is 4.70. The van der Waals surface area contributed by atoms with E-state index < -0.39 is 0 Å². The molecular weight excluding hydrogens is 390 g/mol. The standard InChI is InChI=1S/C20H23N5O3S/c26-15-4-2-14(3-5-15)25-17-6-1-12(9-16(17)23-19(25)28)18(27)21-10-13-11-24-7-8-29-20(24)22-13/h1,6,9,11,14-15,26H,2-5,7-8,10H2,(H,21,27)(H,23,28). The number of hydrogen-bond donors (Lipinski definition) is 3. The lowest BCUT2D eigenvalue weighted by atomic mass is 9.93. The lowest BCUT2D eigenvalue weighted by molar-refractivity contribution is 0.0950. The molecule has 5 rings (SSSR count). The van der Waals surface area contributed by atoms with Gasteiger partial charge >= 0.3 is 5.69 Å². The van der Waals surface area contributed by atoms with Crippen LogP contribution in [0.3, 0.4) is 0 Å². The van der Waals surface area contributed by atoms with Crippen LogP contribution in [-0.4, -0.2) is 42.0 Å². The Balaban J connectivity index is 1.33. The van der Waals surface area contributed by atoms with Gasteiger partial charge < -0.3 is 20.0 Å². The number of amides is 1. The van der Waals surface area contributed by atoms with Gasteiger partial charge in [0.25, 0.3) is 5.91 Å². The zero-order chi connectivity index (χ0) is 20.0. The first kappa shape index (κ1) is 18.5. The van der Waals surface area contributed by atoms with Crippen molar-refractivity contribution in [3.8, 4) is 0 Å². The minimum Gasteiger partial charge on any atom is -0.393 e. The zero-order valence-electron chi connectivity index (χ0n) is 15.9. The van der Waals surface area contributed by atoms with Crippen molar-refractivity contribution in [2.75, 3.05) is 5.75 Å². The third kappa shape index (κ3) is 3.49. The maximum Gasteiger partial charge on any atom is 0.326 e. The van der Waals surface area contributed by atoms with Crippen LogP contribution in [0.1, 0.15) is 47.8 Å². The largest absolute Gasteiger partial charge is 0.393 e. The van der Waals surface area contributed by atoms with Crippen molar-refractivity contribution >= 4 is 28.7 Å². The molecule has 8 nitrogen and oxygen atoms in total. The summed E-state index contributed by atoms with van der Waals surface area (Å²) < 4.78 is 3.88. The molecule has 3 heterocycles. The molecule has 0 bridgehead atoms. The van der Waals surface area contributed by atoms with Crippen molar-refractivity contribution in [1.29, 1.82) is 0 Å². The quantitative estimate of drug-likeness (QED) is 0.607. The number of aromatic nitrogens is 4. The lowest BCUT2D eigenvalue weighted by Crippen LogP contribution is -2.27. The molecule has 0 unspecified atom stereocenters. The summed E-state index contributed by atoms with van der Waals surface area (Å²) in [5.74, 6) is 0.857. The van der Waals surface area contributed by atoms with Crippen molar-refractivity contribution in [1.82, 2.24) is 24.4 Å². The van der Waals surface area contributed by atoms with E-state index in [1.54, 1.807) is 28.5 Å². The highest BCUT2D eigenvalue weighted by Gasteiger charge is 2.24. The number of hydrogen-bond acceptors (Lipinski definition) is 5. The van der Waals surface area contributed by atoms with E-state index in [2.05, 4.69) is 19.9 Å². The number of H-pyrrole nitrogens is 1. The highest BCUT2D eigenvalue weighted by molar-refractivity contribution is 7.99. The van der Waals surface area contributed by atoms with Gasteiger partial charge in [-0.15, -0.1) is 0 Å². The fraction of sp³-hybridized carbons (Fsp3) is 0.450. The molecule has 1 aliphatic heterocycles. The Morgan fingerprint density at radius 2 is 2.14 bits per heavy atom. The Kier molecular flexibility index (Phi) is 4.71. The first-order valence-corrected chi connectivity index (χ1v) is 11.0. The fourth-order valence-electron chi connectivity index (χ4n) is 4.27. The molecule has 152 valence electrons. The molecule has 2 aromatic heterocycles. The molecule has 1 amide bonds. The number of imidazole rings is 2. The molecule has 1 aromatic carbocycles. The number of nitrogens with one attached hydrogen (secondary N) is 2. The summed E-state index contributed by atoms with van der Waals surface area (Å²) in [7, 11) is 0. The highest BCUT2D eigenvalue weighted by atomic mass is 32.2. The molecule has 1 aliphatic carbocycles. The van der Waals surface area contributed by atoms with Gasteiger partial charge in [0.2, 0.25) is 0 Å². The molecular formula is C20H23N5O3S. The predicted molar refractivity (Wildman–Crippen MR) is 110 cm³/mol. The van der Waals surface area contributed by atoms with Gasteiger partial charge in [0.15, 0.2) is 5.16 Å². The highest BCUT2D eigenvalue weighted by Crippen LogP contribution is 2.30. The second-order valence-electron chi connectivity index (χ2n) is 7.73. The number of fused-ring (bicyclic) bond motifs is 2. The first-order valence-electron chi connectivity index (χ1n) is 9.98. The lowest BCUT2D eigenvalue weighted by Gasteiger charge is -2.26. The van der Waals surface area contributed by atoms with E-state index in [0.29, 0.717) is 30.5 Å². The Morgan fingerprint density at radius 3 is 2.93 bits per heavy atom. The number of carbonyl (C=O) groups is 1. The van der Waals surface area contributed by atoms with E-state index in [4.69, 9.17) is 0 Å². The SMILES string of the molecule is O=C(NCc1cn2c(n1)SCC2)c1ccc2c(c1)[nH]c(=O)n2C1CCC(O)CC1. The van der Waals surface area contributed by atoms with Gasteiger partial charge in [-0.1, -0.05) is 11.8 Å². The van der Waals surface area contributed by atoms with Gasteiger partial charge in [0.1, 0.15) is 0 Å². The molecule has 0 atom stereocenters. The van der Waals surface area contributed by atoms with E-state index >= 15 is 0 Å². The number of rotatable bonds is 4. The van der Waals surface area contributed by atoms with Crippen LogP contribution in [0.4, 0.5) is 0 Å². The fourth-order valence-corrected chi connectivity index (χ4v) is 5.23. The summed E-state index contributed by atoms with van der Waals surface area (Å²) in [4.78, 5) is 32.5. The summed E-state index contributed by atoms with van der Waals surface area (Å²) in [5, 5.41) is 13.6. The maximum absolute atomic E-state index is 12.6. The van der Waals surface area contributed by atoms with Crippen LogP contribution in [0.25, 0.3) is 11.0 Å². The molecule has 2 aliphatic rings. The minimum atomic E-state index is -0.266. The third-order valence-corrected chi connectivity index (χ3v) is 6.76. The van der Waals surface area contributed by atoms with Crippen LogP contribution in [0.5, 0.6) is 0 Å². The Morgan fingerprint density at radius 1 is 1.31 bits per heavy atom. The second-order valence-corrected chi connectivity index (χ2v) is 8.80. The van der Waals surface area contributed by atoms with Gasteiger partial charge in [-0.25, -0.2) is 9.78 Å². The monoisotopic (exact) mass is 413 g/mol. The number of thioether (sulfide) groups is 1. The van der Waals surface area contributed by atoms with Crippen LogP contribution < -0.4 is 11.0 Å². The van der Waals surface area contributed by atoms with Crippen LogP contribution in [0, 0.1) is 0 Å². The molecule has 3 N–H and O–H groups in total.